The van der Waals surface area contributed by atoms with Gasteiger partial charge in [-0.3, -0.25) is 9.98 Å². The fourth-order valence-electron chi connectivity index (χ4n) is 3.98. The zero-order chi connectivity index (χ0) is 21.9. The number of aliphatic imine (C=N–C) groups is 1. The fraction of sp³-hybridized carbons (Fsp3) is 0.0714. The molecule has 1 N–H and O–H groups in total. The number of anilines is 2. The predicted molar refractivity (Wildman–Crippen MR) is 134 cm³/mol. The largest absolute Gasteiger partial charge is 0.356 e. The van der Waals surface area contributed by atoms with Crippen LogP contribution in [0.5, 0.6) is 0 Å². The molecule has 2 aromatic heterocycles. The lowest BCUT2D eigenvalue weighted by Crippen LogP contribution is -1.99. The topological polar surface area (TPSA) is 42.2 Å². The van der Waals surface area contributed by atoms with Crippen LogP contribution in [0.3, 0.4) is 0 Å². The van der Waals surface area contributed by atoms with E-state index in [9.17, 15) is 0 Å². The van der Waals surface area contributed by atoms with E-state index in [4.69, 9.17) is 4.99 Å². The Kier molecular flexibility index (Phi) is 5.26. The Morgan fingerprint density at radius 2 is 1.59 bits per heavy atom. The van der Waals surface area contributed by atoms with Gasteiger partial charge in [-0.1, -0.05) is 24.3 Å². The van der Waals surface area contributed by atoms with Crippen molar-refractivity contribution in [1.29, 1.82) is 0 Å². The van der Waals surface area contributed by atoms with E-state index in [0.29, 0.717) is 0 Å². The Morgan fingerprint density at radius 1 is 0.812 bits per heavy atom. The van der Waals surface area contributed by atoms with Crippen LogP contribution >= 0.6 is 0 Å². The number of aromatic nitrogens is 2. The van der Waals surface area contributed by atoms with Crippen LogP contribution in [0.1, 0.15) is 17.0 Å². The second-order valence-corrected chi connectivity index (χ2v) is 7.84. The van der Waals surface area contributed by atoms with Crippen molar-refractivity contribution in [1.82, 2.24) is 9.55 Å². The maximum Gasteiger partial charge on any atom is 0.0703 e. The first kappa shape index (κ1) is 19.8. The molecule has 5 aromatic rings. The van der Waals surface area contributed by atoms with Crippen LogP contribution in [0.2, 0.25) is 0 Å². The highest BCUT2D eigenvalue weighted by molar-refractivity contribution is 5.85. The molecule has 32 heavy (non-hydrogen) atoms. The number of pyridine rings is 1. The number of nitrogens with one attached hydrogen (secondary N) is 1. The molecule has 4 nitrogen and oxygen atoms in total. The molecule has 156 valence electrons. The van der Waals surface area contributed by atoms with Crippen LogP contribution in [-0.4, -0.2) is 15.8 Å². The molecule has 0 bridgehead atoms. The Bertz CT molecular complexity index is 1400. The molecular weight excluding hydrogens is 392 g/mol. The van der Waals surface area contributed by atoms with Gasteiger partial charge in [0.2, 0.25) is 0 Å². The fourth-order valence-corrected chi connectivity index (χ4v) is 3.98. The molecule has 5 rings (SSSR count). The van der Waals surface area contributed by atoms with Crippen LogP contribution < -0.4 is 5.32 Å². The summed E-state index contributed by atoms with van der Waals surface area (Å²) in [6, 6.07) is 30.9. The van der Waals surface area contributed by atoms with E-state index in [1.54, 1.807) is 0 Å². The minimum atomic E-state index is 0.921. The second kappa shape index (κ2) is 8.52. The molecule has 0 aliphatic rings. The Hall–Kier alpha value is -4.18. The minimum absolute atomic E-state index is 0.921. The van der Waals surface area contributed by atoms with Crippen LogP contribution in [-0.2, 0) is 0 Å². The molecule has 0 fully saturated rings. The van der Waals surface area contributed by atoms with E-state index in [-0.39, 0.29) is 0 Å². The smallest absolute Gasteiger partial charge is 0.0703 e. The molecule has 0 saturated carbocycles. The van der Waals surface area contributed by atoms with Gasteiger partial charge in [0, 0.05) is 51.8 Å². The molecule has 0 spiro atoms. The van der Waals surface area contributed by atoms with Gasteiger partial charge in [-0.05, 0) is 80.6 Å². The molecule has 0 unspecified atom stereocenters. The summed E-state index contributed by atoms with van der Waals surface area (Å²) in [4.78, 5) is 9.13. The molecule has 0 aliphatic carbocycles. The van der Waals surface area contributed by atoms with Crippen molar-refractivity contribution in [3.63, 3.8) is 0 Å². The molecule has 2 heterocycles. The van der Waals surface area contributed by atoms with Gasteiger partial charge >= 0.3 is 0 Å². The quantitative estimate of drug-likeness (QED) is 0.310. The van der Waals surface area contributed by atoms with E-state index in [1.807, 2.05) is 73.1 Å². The summed E-state index contributed by atoms with van der Waals surface area (Å²) < 4.78 is 2.26. The number of hydrogen-bond donors (Lipinski definition) is 1. The van der Waals surface area contributed by atoms with Crippen LogP contribution in [0.15, 0.2) is 102 Å². The summed E-state index contributed by atoms with van der Waals surface area (Å²) in [5, 5.41) is 4.53. The zero-order valence-electron chi connectivity index (χ0n) is 18.2. The molecule has 0 saturated heterocycles. The molecule has 0 aliphatic heterocycles. The SMILES string of the molecule is Cc1cc(C=Nc2ccc(Nc3ccccc3)cc2)c(C)n1-c1ccc2ncccc2c1. The third-order valence-electron chi connectivity index (χ3n) is 5.60. The lowest BCUT2D eigenvalue weighted by molar-refractivity contribution is 0.967. The first-order valence-electron chi connectivity index (χ1n) is 10.7. The van der Waals surface area contributed by atoms with Crippen molar-refractivity contribution in [2.24, 2.45) is 4.99 Å². The number of hydrogen-bond acceptors (Lipinski definition) is 3. The van der Waals surface area contributed by atoms with E-state index in [2.05, 4.69) is 59.0 Å². The number of para-hydroxylation sites is 1. The van der Waals surface area contributed by atoms with Crippen LogP contribution in [0.4, 0.5) is 17.1 Å². The van der Waals surface area contributed by atoms with Gasteiger partial charge in [0.05, 0.1) is 11.2 Å². The first-order chi connectivity index (χ1) is 15.7. The highest BCUT2D eigenvalue weighted by atomic mass is 15.0. The highest BCUT2D eigenvalue weighted by Crippen LogP contribution is 2.24. The third kappa shape index (κ3) is 4.03. The number of fused-ring (bicyclic) bond motifs is 1. The standard InChI is InChI=1S/C28H24N4/c1-20-17-23(21(2)32(20)27-14-15-28-22(18-27)7-6-16-29-28)19-30-24-10-12-26(13-11-24)31-25-8-4-3-5-9-25/h3-19,31H,1-2H3. The number of aryl methyl sites for hydroxylation is 1. The van der Waals surface area contributed by atoms with Crippen LogP contribution in [0.25, 0.3) is 16.6 Å². The minimum Gasteiger partial charge on any atom is -0.356 e. The molecule has 0 amide bonds. The van der Waals surface area contributed by atoms with Gasteiger partial charge in [0.25, 0.3) is 0 Å². The summed E-state index contributed by atoms with van der Waals surface area (Å²) in [5.41, 5.74) is 8.62. The van der Waals surface area contributed by atoms with Gasteiger partial charge in [-0.25, -0.2) is 0 Å². The Morgan fingerprint density at radius 3 is 2.41 bits per heavy atom. The maximum atomic E-state index is 4.71. The second-order valence-electron chi connectivity index (χ2n) is 7.84. The number of nitrogens with zero attached hydrogens (tertiary/aromatic N) is 3. The van der Waals surface area contributed by atoms with Gasteiger partial charge in [0.1, 0.15) is 0 Å². The maximum absolute atomic E-state index is 4.71. The average molecular weight is 417 g/mol. The molecule has 0 atom stereocenters. The van der Waals surface area contributed by atoms with Crippen molar-refractivity contribution in [3.05, 3.63) is 114 Å². The first-order valence-corrected chi connectivity index (χ1v) is 10.7. The lowest BCUT2D eigenvalue weighted by Gasteiger charge is -2.10. The molecular formula is C28H24N4. The van der Waals surface area contributed by atoms with Crippen molar-refractivity contribution in [2.45, 2.75) is 13.8 Å². The zero-order valence-corrected chi connectivity index (χ0v) is 18.2. The van der Waals surface area contributed by atoms with Crippen molar-refractivity contribution < 1.29 is 0 Å². The third-order valence-corrected chi connectivity index (χ3v) is 5.60. The summed E-state index contributed by atoms with van der Waals surface area (Å²) in [6.45, 7) is 4.26. The Balaban J connectivity index is 1.37. The molecule has 4 heteroatoms. The molecule has 0 radical (unpaired) electrons. The number of rotatable bonds is 5. The normalized spacial score (nSPS) is 11.3. The van der Waals surface area contributed by atoms with Gasteiger partial charge in [-0.2, -0.15) is 0 Å². The summed E-state index contributed by atoms with van der Waals surface area (Å²) >= 11 is 0. The van der Waals surface area contributed by atoms with Gasteiger partial charge < -0.3 is 9.88 Å². The van der Waals surface area contributed by atoms with E-state index in [0.717, 1.165) is 44.9 Å². The lowest BCUT2D eigenvalue weighted by atomic mass is 10.2. The van der Waals surface area contributed by atoms with E-state index >= 15 is 0 Å². The van der Waals surface area contributed by atoms with Crippen molar-refractivity contribution >= 4 is 34.2 Å². The Labute approximate surface area is 187 Å². The predicted octanol–water partition coefficient (Wildman–Crippen LogP) is 7.14. The summed E-state index contributed by atoms with van der Waals surface area (Å²) in [7, 11) is 0. The summed E-state index contributed by atoms with van der Waals surface area (Å²) in [6.07, 6.45) is 3.77. The number of benzene rings is 3. The monoisotopic (exact) mass is 416 g/mol. The van der Waals surface area contributed by atoms with Gasteiger partial charge in [0.15, 0.2) is 0 Å². The van der Waals surface area contributed by atoms with E-state index < -0.39 is 0 Å². The van der Waals surface area contributed by atoms with Crippen LogP contribution in [0, 0.1) is 13.8 Å². The van der Waals surface area contributed by atoms with Crippen molar-refractivity contribution in [2.75, 3.05) is 5.32 Å². The highest BCUT2D eigenvalue weighted by Gasteiger charge is 2.10. The molecule has 3 aromatic carbocycles. The summed E-state index contributed by atoms with van der Waals surface area (Å²) in [5.74, 6) is 0. The van der Waals surface area contributed by atoms with Gasteiger partial charge in [-0.15, -0.1) is 0 Å². The average Bonchev–Trinajstić information content (AvgIpc) is 3.12. The van der Waals surface area contributed by atoms with Crippen molar-refractivity contribution in [3.8, 4) is 5.69 Å². The van der Waals surface area contributed by atoms with E-state index in [1.165, 1.54) is 5.69 Å².